The molecule has 0 saturated carbocycles. The van der Waals surface area contributed by atoms with E-state index >= 15 is 0 Å². The van der Waals surface area contributed by atoms with E-state index in [4.69, 9.17) is 73.4 Å². The van der Waals surface area contributed by atoms with Crippen LogP contribution in [0.15, 0.2) is 40.0 Å². The Morgan fingerprint density at radius 3 is 1.89 bits per heavy atom. The number of likely N-dealkylation sites (N-methyl/N-ethyl adjacent to an activating group) is 1. The molecule has 1 fully saturated rings. The molecule has 302 valence electrons. The van der Waals surface area contributed by atoms with Crippen LogP contribution in [-0.4, -0.2) is 93.6 Å². The zero-order valence-electron chi connectivity index (χ0n) is 28.5. The fourth-order valence-corrected chi connectivity index (χ4v) is 7.16. The van der Waals surface area contributed by atoms with Gasteiger partial charge in [-0.25, -0.2) is 44.5 Å². The highest BCUT2D eigenvalue weighted by atomic mass is 35.5. The van der Waals surface area contributed by atoms with Gasteiger partial charge < -0.3 is 38.5 Å². The Kier molecular flexibility index (Phi) is 15.2. The van der Waals surface area contributed by atoms with Crippen LogP contribution in [-0.2, 0) is 18.8 Å². The molecule has 0 radical (unpaired) electrons. The number of nitrogens with zero attached hydrogens (tertiary/aromatic N) is 4. The molecule has 3 heterocycles. The normalized spacial score (nSPS) is 16.7. The number of allylic oxidation sites excluding steroid dienone is 2. The van der Waals surface area contributed by atoms with Gasteiger partial charge in [-0.3, -0.25) is 0 Å². The van der Waals surface area contributed by atoms with E-state index in [1.165, 1.54) is 16.3 Å². The first-order chi connectivity index (χ1) is 25.8. The van der Waals surface area contributed by atoms with E-state index in [0.29, 0.717) is 15.8 Å². The van der Waals surface area contributed by atoms with Crippen molar-refractivity contribution in [3.8, 4) is 11.5 Å². The summed E-state index contributed by atoms with van der Waals surface area (Å²) in [6, 6.07) is 0.840. The first-order valence-electron chi connectivity index (χ1n) is 15.3. The van der Waals surface area contributed by atoms with Crippen molar-refractivity contribution in [1.82, 2.24) is 29.3 Å². The van der Waals surface area contributed by atoms with Crippen molar-refractivity contribution >= 4 is 98.2 Å². The topological polar surface area (TPSA) is 81.5 Å². The number of aryl methyl sites for hydroxylation is 2. The van der Waals surface area contributed by atoms with Gasteiger partial charge >= 0.3 is 0 Å². The lowest BCUT2D eigenvalue weighted by Gasteiger charge is -2.28. The van der Waals surface area contributed by atoms with E-state index in [-0.39, 0.29) is 53.7 Å². The third kappa shape index (κ3) is 10.0. The van der Waals surface area contributed by atoms with Crippen LogP contribution in [0.3, 0.4) is 0 Å². The second-order valence-corrected chi connectivity index (χ2v) is 14.0. The van der Waals surface area contributed by atoms with E-state index in [0.717, 1.165) is 18.2 Å². The van der Waals surface area contributed by atoms with Crippen molar-refractivity contribution < 1.29 is 53.7 Å². The first kappa shape index (κ1) is 44.5. The smallest absolute Gasteiger partial charge is 0.272 e. The third-order valence-electron chi connectivity index (χ3n) is 7.68. The van der Waals surface area contributed by atoms with Gasteiger partial charge in [0, 0.05) is 39.4 Å². The minimum absolute atomic E-state index is 0.0146. The third-order valence-corrected chi connectivity index (χ3v) is 10.3. The molecular weight excluding hydrogens is 878 g/mol. The van der Waals surface area contributed by atoms with Gasteiger partial charge in [-0.1, -0.05) is 46.6 Å². The SMILES string of the molecule is CN1C(=S)NC2C(OCC(F)F)=CC(F)=C(Cl)C21.CSc1nc2c(F)cc(OCC(F)F)c(Cl)c2n1C.Cn1c(=S)[nH]c2c(F)cc(OCC(F)F)c(Cl)c21. The Morgan fingerprint density at radius 1 is 0.818 bits per heavy atom. The van der Waals surface area contributed by atoms with Gasteiger partial charge in [0.25, 0.3) is 19.3 Å². The molecule has 9 nitrogen and oxygen atoms in total. The number of thiocarbonyl (C=S) groups is 1. The molecule has 2 aromatic heterocycles. The average Bonchev–Trinajstić information content (AvgIpc) is 3.74. The Balaban J connectivity index is 0.000000184. The lowest BCUT2D eigenvalue weighted by molar-refractivity contribution is 0.0410. The minimum Gasteiger partial charge on any atom is -0.490 e. The Labute approximate surface area is 336 Å². The van der Waals surface area contributed by atoms with Gasteiger partial charge in [-0.15, -0.1) is 0 Å². The molecule has 55 heavy (non-hydrogen) atoms. The number of H-pyrrole nitrogens is 1. The van der Waals surface area contributed by atoms with Crippen LogP contribution in [0.5, 0.6) is 11.5 Å². The summed E-state index contributed by atoms with van der Waals surface area (Å²) in [5.74, 6) is -2.17. The predicted molar refractivity (Wildman–Crippen MR) is 199 cm³/mol. The molecule has 1 aliphatic heterocycles. The van der Waals surface area contributed by atoms with Crippen molar-refractivity contribution in [2.75, 3.05) is 33.1 Å². The molecule has 1 saturated heterocycles. The molecule has 24 heteroatoms. The van der Waals surface area contributed by atoms with Gasteiger partial charge in [0.2, 0.25) is 0 Å². The summed E-state index contributed by atoms with van der Waals surface area (Å²) in [7, 11) is 4.90. The van der Waals surface area contributed by atoms with Gasteiger partial charge in [0.15, 0.2) is 26.7 Å². The van der Waals surface area contributed by atoms with Crippen LogP contribution in [0, 0.1) is 16.4 Å². The van der Waals surface area contributed by atoms with Gasteiger partial charge in [0.05, 0.1) is 22.1 Å². The lowest BCUT2D eigenvalue weighted by atomic mass is 10.0. The summed E-state index contributed by atoms with van der Waals surface area (Å²) in [5.41, 5.74) is 0.833. The maximum Gasteiger partial charge on any atom is 0.272 e. The molecule has 1 aliphatic carbocycles. The number of aromatic amines is 1. The largest absolute Gasteiger partial charge is 0.490 e. The highest BCUT2D eigenvalue weighted by Gasteiger charge is 2.44. The molecule has 4 aromatic rings. The minimum atomic E-state index is -2.66. The number of ether oxygens (including phenoxy) is 3. The van der Waals surface area contributed by atoms with Crippen molar-refractivity contribution in [3.63, 3.8) is 0 Å². The van der Waals surface area contributed by atoms with E-state index in [1.807, 2.05) is 0 Å². The average molecular weight is 906 g/mol. The van der Waals surface area contributed by atoms with Crippen molar-refractivity contribution in [3.05, 3.63) is 61.3 Å². The second-order valence-electron chi connectivity index (χ2n) is 11.2. The molecule has 2 aromatic carbocycles. The van der Waals surface area contributed by atoms with E-state index in [9.17, 15) is 39.5 Å². The summed E-state index contributed by atoms with van der Waals surface area (Å²) >= 11 is 29.2. The maximum atomic E-state index is 13.9. The van der Waals surface area contributed by atoms with Crippen molar-refractivity contribution in [2.45, 2.75) is 36.5 Å². The van der Waals surface area contributed by atoms with Crippen molar-refractivity contribution in [2.24, 2.45) is 14.1 Å². The van der Waals surface area contributed by atoms with E-state index < -0.39 is 68.6 Å². The maximum absolute atomic E-state index is 13.9. The number of hydrogen-bond donors (Lipinski definition) is 2. The lowest BCUT2D eigenvalue weighted by Crippen LogP contribution is -2.39. The fourth-order valence-electron chi connectivity index (χ4n) is 5.20. The number of fused-ring (bicyclic) bond motifs is 3. The van der Waals surface area contributed by atoms with Crippen LogP contribution in [0.1, 0.15) is 0 Å². The summed E-state index contributed by atoms with van der Waals surface area (Å²) in [5, 5.41) is 3.91. The number of aromatic nitrogens is 4. The van der Waals surface area contributed by atoms with E-state index in [2.05, 4.69) is 15.3 Å². The molecule has 0 spiro atoms. The highest BCUT2D eigenvalue weighted by molar-refractivity contribution is 7.98. The monoisotopic (exact) mass is 904 g/mol. The Hall–Kier alpha value is -3.24. The summed E-state index contributed by atoms with van der Waals surface area (Å²) in [6.07, 6.45) is -5.13. The molecule has 0 bridgehead atoms. The van der Waals surface area contributed by atoms with Crippen molar-refractivity contribution in [1.29, 1.82) is 0 Å². The fraction of sp³-hybridized carbons (Fsp3) is 0.387. The second kappa shape index (κ2) is 18.8. The summed E-state index contributed by atoms with van der Waals surface area (Å²) in [4.78, 5) is 8.30. The van der Waals surface area contributed by atoms with Gasteiger partial charge in [0.1, 0.15) is 70.0 Å². The molecule has 2 N–H and O–H groups in total. The summed E-state index contributed by atoms with van der Waals surface area (Å²) < 4.78 is 132. The van der Waals surface area contributed by atoms with Gasteiger partial charge in [-0.05, 0) is 30.7 Å². The Bertz CT molecular complexity index is 2180. The number of alkyl halides is 6. The first-order valence-corrected chi connectivity index (χ1v) is 18.4. The molecule has 2 atom stereocenters. The highest BCUT2D eigenvalue weighted by Crippen LogP contribution is 2.38. The summed E-state index contributed by atoms with van der Waals surface area (Å²) in [6.45, 7) is -2.48. The standard InChI is InChI=1S/C11H10ClF3N2OS.C10H8ClF3N2OS.C10H10ClF3N2OS/c1-17-10-8(12)6(18-4-7(14)15)3-5(13)9(10)16-11(17)19-2;1-16-9-7(11)5(17-3-6(13)14)2-4(12)8(9)15-10(16)18;1-16-9-7(11)4(12)2-5(17-3-6(13)14)8(9)15-10(16)18/h3,7H,4H2,1-2H3;2,6H,3H2,1H3,(H,15,18);2,6,8-9H,3H2,1H3,(H,15,18). The molecule has 2 aliphatic rings. The number of thioether (sulfide) groups is 1. The zero-order valence-corrected chi connectivity index (χ0v) is 33.2. The van der Waals surface area contributed by atoms with Crippen LogP contribution in [0.25, 0.3) is 22.1 Å². The number of rotatable bonds is 10. The number of hydrogen-bond acceptors (Lipinski definition) is 7. The molecule has 6 rings (SSSR count). The molecule has 0 amide bonds. The number of benzene rings is 2. The predicted octanol–water partition coefficient (Wildman–Crippen LogP) is 9.55. The molecular formula is C31H28Cl3F9N6O3S3. The number of imidazole rings is 2. The Morgan fingerprint density at radius 2 is 1.35 bits per heavy atom. The zero-order chi connectivity index (χ0) is 41.0. The number of halogens is 12. The van der Waals surface area contributed by atoms with Crippen LogP contribution in [0.2, 0.25) is 10.0 Å². The molecule has 2 unspecified atom stereocenters. The quantitative estimate of drug-likeness (QED) is 0.0920. The van der Waals surface area contributed by atoms with Crippen LogP contribution < -0.4 is 14.8 Å². The van der Waals surface area contributed by atoms with E-state index in [1.54, 1.807) is 36.9 Å². The van der Waals surface area contributed by atoms with Gasteiger partial charge in [-0.2, -0.15) is 0 Å². The van der Waals surface area contributed by atoms with Crippen LogP contribution in [0.4, 0.5) is 39.5 Å². The van der Waals surface area contributed by atoms with Crippen LogP contribution >= 0.6 is 71.0 Å². The number of nitrogens with one attached hydrogen (secondary N) is 2.